The molecule has 0 nitrogen and oxygen atoms in total. The summed E-state index contributed by atoms with van der Waals surface area (Å²) in [6.07, 6.45) is 5.24. The van der Waals surface area contributed by atoms with Gasteiger partial charge in [-0.3, -0.25) is 0 Å². The quantitative estimate of drug-likeness (QED) is 0.604. The van der Waals surface area contributed by atoms with Crippen molar-refractivity contribution in [1.82, 2.24) is 0 Å². The molecular weight excluding hydrogens is 168 g/mol. The smallest absolute Gasteiger partial charge is 0.0279 e. The Balaban J connectivity index is 0.000000791. The highest BCUT2D eigenvalue weighted by atomic mass is 14.0. The average Bonchev–Trinajstić information content (AvgIpc) is 2.24. The number of unbranched alkanes of at least 4 members (excludes halogenated alkanes) is 2. The average molecular weight is 192 g/mol. The fourth-order valence-electron chi connectivity index (χ4n) is 1.33. The van der Waals surface area contributed by atoms with Crippen molar-refractivity contribution < 1.29 is 0 Å². The summed E-state index contributed by atoms with van der Waals surface area (Å²) in [6.45, 7) is 8.38. The van der Waals surface area contributed by atoms with E-state index in [1.165, 1.54) is 36.8 Å². The molecule has 0 N–H and O–H groups in total. The highest BCUT2D eigenvalue weighted by Gasteiger charge is 1.91. The lowest BCUT2D eigenvalue weighted by Gasteiger charge is -2.00. The number of benzene rings is 1. The number of hydrogen-bond donors (Lipinski definition) is 0. The van der Waals surface area contributed by atoms with E-state index in [-0.39, 0.29) is 0 Å². The van der Waals surface area contributed by atoms with Gasteiger partial charge in [-0.05, 0) is 25.3 Å². The van der Waals surface area contributed by atoms with Gasteiger partial charge in [-0.2, -0.15) is 0 Å². The molecule has 0 aromatic heterocycles. The van der Waals surface area contributed by atoms with E-state index < -0.39 is 0 Å². The number of hydrogen-bond acceptors (Lipinski definition) is 0. The summed E-state index contributed by atoms with van der Waals surface area (Å²) < 4.78 is 0. The number of aryl methyl sites for hydroxylation is 2. The highest BCUT2D eigenvalue weighted by Crippen LogP contribution is 2.07. The van der Waals surface area contributed by atoms with Crippen LogP contribution in [-0.4, -0.2) is 0 Å². The van der Waals surface area contributed by atoms with E-state index in [0.717, 1.165) is 0 Å². The minimum absolute atomic E-state index is 1.24. The topological polar surface area (TPSA) is 0 Å². The molecule has 0 heterocycles. The lowest BCUT2D eigenvalue weighted by molar-refractivity contribution is 0.717. The van der Waals surface area contributed by atoms with E-state index in [2.05, 4.69) is 38.1 Å². The molecule has 0 unspecified atom stereocenters. The van der Waals surface area contributed by atoms with E-state index in [0.29, 0.717) is 0 Å². The van der Waals surface area contributed by atoms with Gasteiger partial charge in [0.25, 0.3) is 0 Å². The summed E-state index contributed by atoms with van der Waals surface area (Å²) in [4.78, 5) is 0. The Bertz CT molecular complexity index is 208. The van der Waals surface area contributed by atoms with Crippen LogP contribution in [0.25, 0.3) is 0 Å². The van der Waals surface area contributed by atoms with Gasteiger partial charge in [0.2, 0.25) is 0 Å². The van der Waals surface area contributed by atoms with E-state index in [9.17, 15) is 0 Å². The summed E-state index contributed by atoms with van der Waals surface area (Å²) in [5.41, 5.74) is 2.84. The van der Waals surface area contributed by atoms with Crippen LogP contribution in [0, 0.1) is 6.92 Å². The molecule has 0 amide bonds. The molecule has 0 saturated carbocycles. The zero-order valence-corrected chi connectivity index (χ0v) is 10.1. The Labute approximate surface area is 89.4 Å². The molecule has 1 rings (SSSR count). The van der Waals surface area contributed by atoms with Crippen molar-refractivity contribution >= 4 is 0 Å². The molecule has 1 aromatic rings. The molecule has 1 aromatic carbocycles. The monoisotopic (exact) mass is 192 g/mol. The predicted octanol–water partition coefficient (Wildman–Crippen LogP) is 4.75. The van der Waals surface area contributed by atoms with Crippen molar-refractivity contribution in [2.75, 3.05) is 0 Å². The van der Waals surface area contributed by atoms with Crippen LogP contribution in [0.1, 0.15) is 51.2 Å². The molecule has 0 aliphatic carbocycles. The zero-order chi connectivity index (χ0) is 10.8. The third kappa shape index (κ3) is 5.80. The van der Waals surface area contributed by atoms with Gasteiger partial charge in [0.15, 0.2) is 0 Å². The first-order valence-electron chi connectivity index (χ1n) is 5.88. The molecule has 0 aliphatic rings. The van der Waals surface area contributed by atoms with Crippen molar-refractivity contribution in [3.8, 4) is 0 Å². The van der Waals surface area contributed by atoms with Crippen LogP contribution < -0.4 is 0 Å². The number of rotatable bonds is 4. The van der Waals surface area contributed by atoms with Gasteiger partial charge >= 0.3 is 0 Å². The molecule has 0 radical (unpaired) electrons. The molecule has 0 fully saturated rings. The Hall–Kier alpha value is -0.780. The van der Waals surface area contributed by atoms with Crippen LogP contribution in [-0.2, 0) is 6.42 Å². The first-order valence-corrected chi connectivity index (χ1v) is 5.88. The molecule has 0 bridgehead atoms. The first kappa shape index (κ1) is 13.2. The lowest BCUT2D eigenvalue weighted by atomic mass is 10.1. The van der Waals surface area contributed by atoms with Gasteiger partial charge in [0.1, 0.15) is 0 Å². The second-order valence-corrected chi connectivity index (χ2v) is 3.44. The maximum atomic E-state index is 2.25. The molecule has 80 valence electrons. The fraction of sp³-hybridized carbons (Fsp3) is 0.571. The summed E-state index contributed by atoms with van der Waals surface area (Å²) in [5.74, 6) is 0. The van der Waals surface area contributed by atoms with Gasteiger partial charge in [0.05, 0.1) is 0 Å². The minimum atomic E-state index is 1.24. The van der Waals surface area contributed by atoms with Crippen molar-refractivity contribution in [2.24, 2.45) is 0 Å². The minimum Gasteiger partial charge on any atom is -0.0683 e. The van der Waals surface area contributed by atoms with Crippen LogP contribution >= 0.6 is 0 Å². The highest BCUT2D eigenvalue weighted by molar-refractivity contribution is 5.21. The van der Waals surface area contributed by atoms with Gasteiger partial charge in [-0.25, -0.2) is 0 Å². The third-order valence-corrected chi connectivity index (χ3v) is 2.19. The van der Waals surface area contributed by atoms with Crippen molar-refractivity contribution in [2.45, 2.75) is 53.4 Å². The molecule has 0 aliphatic heterocycles. The largest absolute Gasteiger partial charge is 0.0683 e. The Morgan fingerprint density at radius 1 is 0.929 bits per heavy atom. The SMILES string of the molecule is CC.CCCCCc1ccc(C)cc1. The van der Waals surface area contributed by atoms with Gasteiger partial charge in [-0.1, -0.05) is 63.4 Å². The molecule has 0 heteroatoms. The molecule has 14 heavy (non-hydrogen) atoms. The van der Waals surface area contributed by atoms with Crippen LogP contribution in [0.4, 0.5) is 0 Å². The van der Waals surface area contributed by atoms with Gasteiger partial charge in [0, 0.05) is 0 Å². The van der Waals surface area contributed by atoms with Crippen LogP contribution in [0.5, 0.6) is 0 Å². The van der Waals surface area contributed by atoms with Crippen molar-refractivity contribution in [3.63, 3.8) is 0 Å². The Morgan fingerprint density at radius 3 is 2.00 bits per heavy atom. The molecule has 0 spiro atoms. The summed E-state index contributed by atoms with van der Waals surface area (Å²) in [6, 6.07) is 8.87. The second kappa shape index (κ2) is 8.80. The maximum Gasteiger partial charge on any atom is -0.0279 e. The lowest BCUT2D eigenvalue weighted by Crippen LogP contribution is -1.84. The third-order valence-electron chi connectivity index (χ3n) is 2.19. The van der Waals surface area contributed by atoms with Crippen molar-refractivity contribution in [1.29, 1.82) is 0 Å². The van der Waals surface area contributed by atoms with Gasteiger partial charge in [-0.15, -0.1) is 0 Å². The van der Waals surface area contributed by atoms with Crippen molar-refractivity contribution in [3.05, 3.63) is 35.4 Å². The molecular formula is C14H24. The Kier molecular flexibility index (Phi) is 8.31. The normalized spacial score (nSPS) is 9.14. The van der Waals surface area contributed by atoms with Gasteiger partial charge < -0.3 is 0 Å². The van der Waals surface area contributed by atoms with E-state index in [4.69, 9.17) is 0 Å². The zero-order valence-electron chi connectivity index (χ0n) is 10.1. The second-order valence-electron chi connectivity index (χ2n) is 3.44. The standard InChI is InChI=1S/C12H18.C2H6/c1-3-4-5-6-12-9-7-11(2)8-10-12;1-2/h7-10H,3-6H2,1-2H3;1-2H3. The Morgan fingerprint density at radius 2 is 1.50 bits per heavy atom. The van der Waals surface area contributed by atoms with E-state index in [1.807, 2.05) is 13.8 Å². The van der Waals surface area contributed by atoms with Crippen LogP contribution in [0.15, 0.2) is 24.3 Å². The summed E-state index contributed by atoms with van der Waals surface area (Å²) >= 11 is 0. The summed E-state index contributed by atoms with van der Waals surface area (Å²) in [7, 11) is 0. The first-order chi connectivity index (χ1) is 6.83. The van der Waals surface area contributed by atoms with Crippen LogP contribution in [0.2, 0.25) is 0 Å². The molecule has 0 atom stereocenters. The van der Waals surface area contributed by atoms with Crippen LogP contribution in [0.3, 0.4) is 0 Å². The summed E-state index contributed by atoms with van der Waals surface area (Å²) in [5, 5.41) is 0. The maximum absolute atomic E-state index is 2.25. The predicted molar refractivity (Wildman–Crippen MR) is 65.8 cm³/mol. The van der Waals surface area contributed by atoms with E-state index >= 15 is 0 Å². The fourth-order valence-corrected chi connectivity index (χ4v) is 1.33. The van der Waals surface area contributed by atoms with E-state index in [1.54, 1.807) is 0 Å². The molecule has 0 saturated heterocycles.